The summed E-state index contributed by atoms with van der Waals surface area (Å²) in [6.07, 6.45) is 5.30. The number of hydrogen-bond donors (Lipinski definition) is 2. The summed E-state index contributed by atoms with van der Waals surface area (Å²) in [7, 11) is 0. The molecule has 3 N–H and O–H groups in total. The van der Waals surface area contributed by atoms with Gasteiger partial charge in [0.1, 0.15) is 0 Å². The standard InChI is InChI=1S/C6H11N3S/c7-8-6(10)9-4-2-1-3-5-9/h1-2H,3-5,7H2,(H,8,10). The van der Waals surface area contributed by atoms with Crippen LogP contribution in [0.4, 0.5) is 0 Å². The van der Waals surface area contributed by atoms with Gasteiger partial charge < -0.3 is 10.3 Å². The van der Waals surface area contributed by atoms with Gasteiger partial charge in [0, 0.05) is 13.1 Å². The average molecular weight is 157 g/mol. The van der Waals surface area contributed by atoms with Crippen LogP contribution in [0.1, 0.15) is 6.42 Å². The molecule has 0 saturated carbocycles. The third-order valence-electron chi connectivity index (χ3n) is 1.47. The smallest absolute Gasteiger partial charge is 0.183 e. The van der Waals surface area contributed by atoms with Crippen molar-refractivity contribution in [3.05, 3.63) is 12.2 Å². The van der Waals surface area contributed by atoms with Crippen LogP contribution >= 0.6 is 12.2 Å². The quantitative estimate of drug-likeness (QED) is 0.225. The van der Waals surface area contributed by atoms with Crippen LogP contribution < -0.4 is 11.3 Å². The van der Waals surface area contributed by atoms with Gasteiger partial charge in [-0.15, -0.1) is 0 Å². The van der Waals surface area contributed by atoms with Crippen molar-refractivity contribution in [1.29, 1.82) is 0 Å². The molecule has 0 unspecified atom stereocenters. The Labute approximate surface area is 65.8 Å². The monoisotopic (exact) mass is 157 g/mol. The van der Waals surface area contributed by atoms with Crippen LogP contribution in [-0.4, -0.2) is 23.1 Å². The Kier molecular flexibility index (Phi) is 2.65. The molecule has 0 atom stereocenters. The first-order valence-electron chi connectivity index (χ1n) is 3.25. The minimum absolute atomic E-state index is 0.629. The SMILES string of the molecule is NNC(=S)N1CC=CCC1. The second-order valence-electron chi connectivity index (χ2n) is 2.16. The molecule has 0 aromatic carbocycles. The molecule has 0 aliphatic carbocycles. The maximum Gasteiger partial charge on any atom is 0.183 e. The second-order valence-corrected chi connectivity index (χ2v) is 2.54. The number of rotatable bonds is 0. The fourth-order valence-corrected chi connectivity index (χ4v) is 1.08. The first-order valence-corrected chi connectivity index (χ1v) is 3.66. The predicted octanol–water partition coefficient (Wildman–Crippen LogP) is -0.00350. The van der Waals surface area contributed by atoms with Crippen LogP contribution in [0, 0.1) is 0 Å². The minimum atomic E-state index is 0.629. The molecule has 1 rings (SSSR count). The van der Waals surface area contributed by atoms with E-state index in [0.29, 0.717) is 5.11 Å². The van der Waals surface area contributed by atoms with Crippen LogP contribution in [0.5, 0.6) is 0 Å². The van der Waals surface area contributed by atoms with Gasteiger partial charge in [0.2, 0.25) is 0 Å². The molecule has 1 aliphatic heterocycles. The largest absolute Gasteiger partial charge is 0.344 e. The Morgan fingerprint density at radius 2 is 2.40 bits per heavy atom. The Morgan fingerprint density at radius 1 is 1.60 bits per heavy atom. The third-order valence-corrected chi connectivity index (χ3v) is 1.84. The van der Waals surface area contributed by atoms with E-state index in [0.717, 1.165) is 19.5 Å². The summed E-state index contributed by atoms with van der Waals surface area (Å²) in [6, 6.07) is 0. The molecule has 56 valence electrons. The third kappa shape index (κ3) is 1.68. The van der Waals surface area contributed by atoms with E-state index in [9.17, 15) is 0 Å². The number of hydrazine groups is 1. The fourth-order valence-electron chi connectivity index (χ4n) is 0.917. The summed E-state index contributed by atoms with van der Waals surface area (Å²) in [5.74, 6) is 5.15. The van der Waals surface area contributed by atoms with Crippen molar-refractivity contribution in [1.82, 2.24) is 10.3 Å². The normalized spacial score (nSPS) is 17.1. The Hall–Kier alpha value is -0.610. The highest BCUT2D eigenvalue weighted by Gasteiger charge is 2.07. The fraction of sp³-hybridized carbons (Fsp3) is 0.500. The number of nitrogens with one attached hydrogen (secondary N) is 1. The number of thiocarbonyl (C=S) groups is 1. The Morgan fingerprint density at radius 3 is 2.90 bits per heavy atom. The van der Waals surface area contributed by atoms with E-state index in [4.69, 9.17) is 18.1 Å². The van der Waals surface area contributed by atoms with Gasteiger partial charge in [-0.3, -0.25) is 0 Å². The van der Waals surface area contributed by atoms with Crippen LogP contribution in [0.2, 0.25) is 0 Å². The van der Waals surface area contributed by atoms with Crippen molar-refractivity contribution in [3.63, 3.8) is 0 Å². The van der Waals surface area contributed by atoms with Crippen molar-refractivity contribution in [3.8, 4) is 0 Å². The van der Waals surface area contributed by atoms with E-state index in [-0.39, 0.29) is 0 Å². The summed E-state index contributed by atoms with van der Waals surface area (Å²) in [4.78, 5) is 2.02. The first kappa shape index (κ1) is 7.50. The van der Waals surface area contributed by atoms with Crippen LogP contribution in [0.3, 0.4) is 0 Å². The highest BCUT2D eigenvalue weighted by atomic mass is 32.1. The molecule has 0 fully saturated rings. The van der Waals surface area contributed by atoms with Crippen molar-refractivity contribution < 1.29 is 0 Å². The molecule has 0 amide bonds. The molecule has 4 heteroatoms. The molecule has 0 radical (unpaired) electrons. The molecule has 10 heavy (non-hydrogen) atoms. The van der Waals surface area contributed by atoms with Crippen LogP contribution in [-0.2, 0) is 0 Å². The predicted molar refractivity (Wildman–Crippen MR) is 45.3 cm³/mol. The zero-order chi connectivity index (χ0) is 7.40. The summed E-state index contributed by atoms with van der Waals surface area (Å²) >= 11 is 4.93. The number of hydrogen-bond acceptors (Lipinski definition) is 2. The Balaban J connectivity index is 2.41. The van der Waals surface area contributed by atoms with E-state index < -0.39 is 0 Å². The van der Waals surface area contributed by atoms with Crippen LogP contribution in [0.15, 0.2) is 12.2 Å². The van der Waals surface area contributed by atoms with Crippen molar-refractivity contribution in [2.45, 2.75) is 6.42 Å². The molecule has 0 aromatic rings. The zero-order valence-corrected chi connectivity index (χ0v) is 6.53. The summed E-state index contributed by atoms with van der Waals surface area (Å²) in [6.45, 7) is 1.85. The van der Waals surface area contributed by atoms with Crippen molar-refractivity contribution in [2.75, 3.05) is 13.1 Å². The van der Waals surface area contributed by atoms with E-state index in [1.807, 2.05) is 4.90 Å². The van der Waals surface area contributed by atoms with Crippen LogP contribution in [0.25, 0.3) is 0 Å². The van der Waals surface area contributed by atoms with E-state index >= 15 is 0 Å². The lowest BCUT2D eigenvalue weighted by atomic mass is 10.3. The lowest BCUT2D eigenvalue weighted by Crippen LogP contribution is -2.44. The minimum Gasteiger partial charge on any atom is -0.344 e. The molecule has 1 aliphatic rings. The van der Waals surface area contributed by atoms with E-state index in [1.54, 1.807) is 0 Å². The highest BCUT2D eigenvalue weighted by Crippen LogP contribution is 2.00. The first-order chi connectivity index (χ1) is 4.84. The maximum atomic E-state index is 5.15. The topological polar surface area (TPSA) is 41.3 Å². The van der Waals surface area contributed by atoms with Gasteiger partial charge in [0.25, 0.3) is 0 Å². The van der Waals surface area contributed by atoms with Gasteiger partial charge in [-0.25, -0.2) is 5.84 Å². The molecule has 0 saturated heterocycles. The van der Waals surface area contributed by atoms with Gasteiger partial charge >= 0.3 is 0 Å². The van der Waals surface area contributed by atoms with Gasteiger partial charge in [0.05, 0.1) is 0 Å². The maximum absolute atomic E-state index is 5.15. The van der Waals surface area contributed by atoms with Gasteiger partial charge in [-0.1, -0.05) is 12.2 Å². The molecule has 0 spiro atoms. The molecular formula is C6H11N3S. The van der Waals surface area contributed by atoms with Gasteiger partial charge in [0.15, 0.2) is 5.11 Å². The molecular weight excluding hydrogens is 146 g/mol. The molecule has 1 heterocycles. The molecule has 0 bridgehead atoms. The van der Waals surface area contributed by atoms with Crippen molar-refractivity contribution in [2.24, 2.45) is 5.84 Å². The zero-order valence-electron chi connectivity index (χ0n) is 5.71. The molecule has 3 nitrogen and oxygen atoms in total. The van der Waals surface area contributed by atoms with Gasteiger partial charge in [-0.05, 0) is 18.6 Å². The number of nitrogens with two attached hydrogens (primary N) is 1. The van der Waals surface area contributed by atoms with Gasteiger partial charge in [-0.2, -0.15) is 0 Å². The summed E-state index contributed by atoms with van der Waals surface area (Å²) < 4.78 is 0. The average Bonchev–Trinajstić information content (AvgIpc) is 2.05. The lowest BCUT2D eigenvalue weighted by Gasteiger charge is -2.24. The highest BCUT2D eigenvalue weighted by molar-refractivity contribution is 7.80. The van der Waals surface area contributed by atoms with E-state index in [2.05, 4.69) is 17.6 Å². The Bertz CT molecular complexity index is 155. The molecule has 0 aromatic heterocycles. The summed E-state index contributed by atoms with van der Waals surface area (Å²) in [5.41, 5.74) is 2.46. The summed E-state index contributed by atoms with van der Waals surface area (Å²) in [5, 5.41) is 0.629. The van der Waals surface area contributed by atoms with Crippen molar-refractivity contribution >= 4 is 17.3 Å². The lowest BCUT2D eigenvalue weighted by molar-refractivity contribution is 0.447. The number of nitrogens with zero attached hydrogens (tertiary/aromatic N) is 1. The van der Waals surface area contributed by atoms with E-state index in [1.165, 1.54) is 0 Å². The second kappa shape index (κ2) is 3.53.